The molecule has 0 heterocycles. The Hall–Kier alpha value is -2.04. The van der Waals surface area contributed by atoms with E-state index in [1.165, 1.54) is 0 Å². The van der Waals surface area contributed by atoms with E-state index in [1.54, 1.807) is 24.3 Å². The molecule has 0 saturated heterocycles. The van der Waals surface area contributed by atoms with Crippen LogP contribution in [0, 0.1) is 0 Å². The third kappa shape index (κ3) is 3.57. The van der Waals surface area contributed by atoms with Gasteiger partial charge in [-0.2, -0.15) is 0 Å². The average Bonchev–Trinajstić information content (AvgIpc) is 2.25. The van der Waals surface area contributed by atoms with Gasteiger partial charge in [0.1, 0.15) is 5.75 Å². The van der Waals surface area contributed by atoms with Crippen LogP contribution < -0.4 is 15.6 Å². The van der Waals surface area contributed by atoms with Gasteiger partial charge in [0, 0.05) is 0 Å². The molecule has 0 fully saturated rings. The Morgan fingerprint density at radius 1 is 1.36 bits per heavy atom. The van der Waals surface area contributed by atoms with Crippen LogP contribution >= 0.6 is 0 Å². The highest BCUT2D eigenvalue weighted by Crippen LogP contribution is 2.07. The zero-order valence-corrected chi connectivity index (χ0v) is 7.40. The zero-order chi connectivity index (χ0) is 10.2. The van der Waals surface area contributed by atoms with Gasteiger partial charge in [0.25, 0.3) is 5.91 Å². The first-order valence-electron chi connectivity index (χ1n) is 3.99. The van der Waals surface area contributed by atoms with E-state index >= 15 is 0 Å². The van der Waals surface area contributed by atoms with Crippen LogP contribution in [0.3, 0.4) is 0 Å². The minimum atomic E-state index is -0.416. The molecule has 5 heteroatoms. The van der Waals surface area contributed by atoms with Crippen molar-refractivity contribution >= 4 is 12.3 Å². The largest absolute Gasteiger partial charge is 0.484 e. The maximum absolute atomic E-state index is 10.9. The second-order valence-electron chi connectivity index (χ2n) is 2.41. The molecule has 0 unspecified atom stereocenters. The van der Waals surface area contributed by atoms with Crippen molar-refractivity contribution < 1.29 is 14.3 Å². The Bertz CT molecular complexity index is 300. The third-order valence-electron chi connectivity index (χ3n) is 1.38. The molecule has 2 amide bonds. The lowest BCUT2D eigenvalue weighted by atomic mass is 10.3. The summed E-state index contributed by atoms with van der Waals surface area (Å²) in [4.78, 5) is 20.7. The van der Waals surface area contributed by atoms with Gasteiger partial charge in [-0.3, -0.25) is 20.4 Å². The summed E-state index contributed by atoms with van der Waals surface area (Å²) in [5.41, 5.74) is 4.14. The molecule has 74 valence electrons. The van der Waals surface area contributed by atoms with Gasteiger partial charge in [-0.05, 0) is 12.1 Å². The fraction of sp³-hybridized carbons (Fsp3) is 0.111. The molecule has 0 radical (unpaired) electrons. The molecule has 1 aromatic rings. The number of benzene rings is 1. The molecule has 0 aliphatic carbocycles. The number of ether oxygens (including phenoxy) is 1. The topological polar surface area (TPSA) is 67.4 Å². The van der Waals surface area contributed by atoms with Crippen LogP contribution in [-0.2, 0) is 9.59 Å². The maximum atomic E-state index is 10.9. The number of carbonyl (C=O) groups excluding carboxylic acids is 2. The van der Waals surface area contributed by atoms with Crippen LogP contribution in [0.25, 0.3) is 0 Å². The molecule has 0 spiro atoms. The molecule has 1 rings (SSSR count). The molecular formula is C9H10N2O3. The van der Waals surface area contributed by atoms with Gasteiger partial charge in [-0.25, -0.2) is 0 Å². The van der Waals surface area contributed by atoms with Gasteiger partial charge in [0.15, 0.2) is 6.61 Å². The van der Waals surface area contributed by atoms with Crippen molar-refractivity contribution in [2.45, 2.75) is 0 Å². The van der Waals surface area contributed by atoms with Crippen molar-refractivity contribution in [3.05, 3.63) is 30.3 Å². The van der Waals surface area contributed by atoms with Crippen molar-refractivity contribution in [3.8, 4) is 5.75 Å². The Morgan fingerprint density at radius 3 is 2.71 bits per heavy atom. The molecule has 0 aliphatic heterocycles. The summed E-state index contributed by atoms with van der Waals surface area (Å²) >= 11 is 0. The number of carbonyl (C=O) groups is 2. The SMILES string of the molecule is O=CNNC(=O)COc1ccccc1. The molecule has 1 aromatic carbocycles. The first kappa shape index (κ1) is 10.0. The van der Waals surface area contributed by atoms with E-state index in [1.807, 2.05) is 11.5 Å². The van der Waals surface area contributed by atoms with E-state index in [4.69, 9.17) is 4.74 Å². The number of nitrogens with one attached hydrogen (secondary N) is 2. The lowest BCUT2D eigenvalue weighted by Crippen LogP contribution is -2.39. The van der Waals surface area contributed by atoms with Gasteiger partial charge in [-0.15, -0.1) is 0 Å². The van der Waals surface area contributed by atoms with Crippen molar-refractivity contribution in [1.82, 2.24) is 10.9 Å². The van der Waals surface area contributed by atoms with E-state index < -0.39 is 5.91 Å². The molecule has 14 heavy (non-hydrogen) atoms. The highest BCUT2D eigenvalue weighted by molar-refractivity contribution is 5.78. The van der Waals surface area contributed by atoms with E-state index in [9.17, 15) is 9.59 Å². The summed E-state index contributed by atoms with van der Waals surface area (Å²) in [7, 11) is 0. The normalized spacial score (nSPS) is 8.86. The molecular weight excluding hydrogens is 184 g/mol. The summed E-state index contributed by atoms with van der Waals surface area (Å²) in [6.45, 7) is -0.134. The van der Waals surface area contributed by atoms with E-state index in [2.05, 4.69) is 5.43 Å². The quantitative estimate of drug-likeness (QED) is 0.505. The summed E-state index contributed by atoms with van der Waals surface area (Å²) < 4.78 is 5.10. The zero-order valence-electron chi connectivity index (χ0n) is 7.40. The van der Waals surface area contributed by atoms with Crippen LogP contribution in [0.4, 0.5) is 0 Å². The van der Waals surface area contributed by atoms with Crippen LogP contribution in [0.5, 0.6) is 5.75 Å². The highest BCUT2D eigenvalue weighted by atomic mass is 16.5. The van der Waals surface area contributed by atoms with Gasteiger partial charge in [0.2, 0.25) is 6.41 Å². The fourth-order valence-electron chi connectivity index (χ4n) is 0.812. The Morgan fingerprint density at radius 2 is 2.07 bits per heavy atom. The van der Waals surface area contributed by atoms with Crippen LogP contribution in [-0.4, -0.2) is 18.9 Å². The highest BCUT2D eigenvalue weighted by Gasteiger charge is 1.99. The lowest BCUT2D eigenvalue weighted by Gasteiger charge is -2.05. The average molecular weight is 194 g/mol. The van der Waals surface area contributed by atoms with E-state index in [-0.39, 0.29) is 6.61 Å². The molecule has 0 bridgehead atoms. The third-order valence-corrected chi connectivity index (χ3v) is 1.38. The van der Waals surface area contributed by atoms with Gasteiger partial charge in [-0.1, -0.05) is 18.2 Å². The second-order valence-corrected chi connectivity index (χ2v) is 2.41. The maximum Gasteiger partial charge on any atom is 0.276 e. The van der Waals surface area contributed by atoms with Crippen molar-refractivity contribution in [2.75, 3.05) is 6.61 Å². The van der Waals surface area contributed by atoms with Gasteiger partial charge in [0.05, 0.1) is 0 Å². The molecule has 0 atom stereocenters. The number of para-hydroxylation sites is 1. The monoisotopic (exact) mass is 194 g/mol. The number of hydrazine groups is 1. The van der Waals surface area contributed by atoms with E-state index in [0.29, 0.717) is 12.2 Å². The smallest absolute Gasteiger partial charge is 0.276 e. The fourth-order valence-corrected chi connectivity index (χ4v) is 0.812. The number of rotatable bonds is 5. The molecule has 2 N–H and O–H groups in total. The number of amides is 2. The summed E-state index contributed by atoms with van der Waals surface area (Å²) in [5, 5.41) is 0. The summed E-state index contributed by atoms with van der Waals surface area (Å²) in [5.74, 6) is 0.190. The lowest BCUT2D eigenvalue weighted by molar-refractivity contribution is -0.126. The van der Waals surface area contributed by atoms with E-state index in [0.717, 1.165) is 0 Å². The molecule has 0 aromatic heterocycles. The molecule has 0 saturated carbocycles. The van der Waals surface area contributed by atoms with Gasteiger partial charge < -0.3 is 4.74 Å². The minimum Gasteiger partial charge on any atom is -0.484 e. The van der Waals surface area contributed by atoms with Crippen LogP contribution in [0.1, 0.15) is 0 Å². The van der Waals surface area contributed by atoms with Crippen LogP contribution in [0.2, 0.25) is 0 Å². The standard InChI is InChI=1S/C9H10N2O3/c12-7-10-11-9(13)6-14-8-4-2-1-3-5-8/h1-5,7H,6H2,(H,10,12)(H,11,13). The van der Waals surface area contributed by atoms with Crippen LogP contribution in [0.15, 0.2) is 30.3 Å². The molecule has 0 aliphatic rings. The summed E-state index contributed by atoms with van der Waals surface area (Å²) in [6, 6.07) is 8.93. The first-order valence-corrected chi connectivity index (χ1v) is 3.99. The predicted octanol–water partition coefficient (Wildman–Crippen LogP) is -0.157. The first-order chi connectivity index (χ1) is 6.83. The van der Waals surface area contributed by atoms with Crippen molar-refractivity contribution in [2.24, 2.45) is 0 Å². The Labute approximate surface area is 81.0 Å². The van der Waals surface area contributed by atoms with Gasteiger partial charge >= 0.3 is 0 Å². The number of hydrogen-bond donors (Lipinski definition) is 2. The second kappa shape index (κ2) is 5.58. The Balaban J connectivity index is 2.27. The summed E-state index contributed by atoms with van der Waals surface area (Å²) in [6.07, 6.45) is 0.375. The minimum absolute atomic E-state index is 0.134. The number of hydrogen-bond acceptors (Lipinski definition) is 3. The molecule has 5 nitrogen and oxygen atoms in total. The Kier molecular flexibility index (Phi) is 4.00. The van der Waals surface area contributed by atoms with Crippen molar-refractivity contribution in [1.29, 1.82) is 0 Å². The van der Waals surface area contributed by atoms with Crippen molar-refractivity contribution in [3.63, 3.8) is 0 Å². The predicted molar refractivity (Wildman–Crippen MR) is 49.3 cm³/mol.